The fraction of sp³-hybridized carbons (Fsp3) is 0.375. The van der Waals surface area contributed by atoms with Crippen LogP contribution in [0.1, 0.15) is 24.2 Å². The molecule has 0 fully saturated rings. The molecule has 0 aromatic carbocycles. The van der Waals surface area contributed by atoms with Gasteiger partial charge in [-0.05, 0) is 25.5 Å². The minimum Gasteiger partial charge on any atom is -0.324 e. The van der Waals surface area contributed by atoms with Crippen LogP contribution in [0.2, 0.25) is 0 Å². The van der Waals surface area contributed by atoms with Crippen LogP contribution < -0.4 is 5.73 Å². The zero-order chi connectivity index (χ0) is 7.56. The SMILES string of the molecule is Cc1ncccc1C(C)N.Cl.Cl. The molecule has 1 heterocycles. The van der Waals surface area contributed by atoms with E-state index in [0.717, 1.165) is 11.3 Å². The lowest BCUT2D eigenvalue weighted by atomic mass is 10.1. The Hall–Kier alpha value is -0.310. The minimum absolute atomic E-state index is 0. The van der Waals surface area contributed by atoms with Crippen molar-refractivity contribution in [2.24, 2.45) is 5.73 Å². The lowest BCUT2D eigenvalue weighted by Crippen LogP contribution is -2.07. The van der Waals surface area contributed by atoms with E-state index in [-0.39, 0.29) is 30.9 Å². The van der Waals surface area contributed by atoms with Gasteiger partial charge in [-0.2, -0.15) is 0 Å². The van der Waals surface area contributed by atoms with Gasteiger partial charge in [-0.3, -0.25) is 4.98 Å². The van der Waals surface area contributed by atoms with Gasteiger partial charge < -0.3 is 5.73 Å². The van der Waals surface area contributed by atoms with Gasteiger partial charge in [0.05, 0.1) is 0 Å². The Labute approximate surface area is 85.4 Å². The van der Waals surface area contributed by atoms with E-state index in [0.29, 0.717) is 0 Å². The van der Waals surface area contributed by atoms with Crippen molar-refractivity contribution in [2.45, 2.75) is 19.9 Å². The van der Waals surface area contributed by atoms with Crippen LogP contribution in [0.15, 0.2) is 18.3 Å². The molecule has 2 nitrogen and oxygen atoms in total. The summed E-state index contributed by atoms with van der Waals surface area (Å²) in [5.74, 6) is 0. The molecule has 0 spiro atoms. The molecule has 1 atom stereocenters. The van der Waals surface area contributed by atoms with Crippen LogP contribution in [0.25, 0.3) is 0 Å². The molecule has 0 amide bonds. The van der Waals surface area contributed by atoms with Crippen LogP contribution in [-0.4, -0.2) is 4.98 Å². The molecule has 0 aliphatic carbocycles. The quantitative estimate of drug-likeness (QED) is 0.770. The van der Waals surface area contributed by atoms with Crippen molar-refractivity contribution in [3.63, 3.8) is 0 Å². The molecule has 1 rings (SSSR count). The van der Waals surface area contributed by atoms with Crippen molar-refractivity contribution in [3.05, 3.63) is 29.6 Å². The Morgan fingerprint density at radius 3 is 2.33 bits per heavy atom. The highest BCUT2D eigenvalue weighted by Gasteiger charge is 2.01. The van der Waals surface area contributed by atoms with Crippen LogP contribution in [-0.2, 0) is 0 Å². The van der Waals surface area contributed by atoms with E-state index >= 15 is 0 Å². The van der Waals surface area contributed by atoms with Crippen molar-refractivity contribution < 1.29 is 0 Å². The highest BCUT2D eigenvalue weighted by molar-refractivity contribution is 5.85. The number of aromatic nitrogens is 1. The monoisotopic (exact) mass is 208 g/mol. The third-order valence-electron chi connectivity index (χ3n) is 1.54. The Kier molecular flexibility index (Phi) is 7.39. The molecule has 0 aliphatic heterocycles. The Morgan fingerprint density at radius 2 is 2.00 bits per heavy atom. The molecule has 1 unspecified atom stereocenters. The van der Waals surface area contributed by atoms with Crippen LogP contribution in [0, 0.1) is 6.92 Å². The average molecular weight is 209 g/mol. The topological polar surface area (TPSA) is 38.9 Å². The first-order chi connectivity index (χ1) is 4.72. The van der Waals surface area contributed by atoms with Crippen molar-refractivity contribution in [1.82, 2.24) is 4.98 Å². The van der Waals surface area contributed by atoms with Crippen LogP contribution in [0.5, 0.6) is 0 Å². The second kappa shape index (κ2) is 6.23. The first-order valence-electron chi connectivity index (χ1n) is 3.39. The van der Waals surface area contributed by atoms with E-state index in [4.69, 9.17) is 5.73 Å². The van der Waals surface area contributed by atoms with Gasteiger partial charge in [-0.25, -0.2) is 0 Å². The predicted molar refractivity (Wildman–Crippen MR) is 56.1 cm³/mol. The molecule has 70 valence electrons. The van der Waals surface area contributed by atoms with E-state index in [1.54, 1.807) is 6.20 Å². The van der Waals surface area contributed by atoms with Gasteiger partial charge in [0.25, 0.3) is 0 Å². The van der Waals surface area contributed by atoms with E-state index in [1.165, 1.54) is 0 Å². The van der Waals surface area contributed by atoms with Crippen LogP contribution in [0.3, 0.4) is 0 Å². The number of rotatable bonds is 1. The second-order valence-corrected chi connectivity index (χ2v) is 2.47. The van der Waals surface area contributed by atoms with E-state index in [2.05, 4.69) is 4.98 Å². The van der Waals surface area contributed by atoms with E-state index in [1.807, 2.05) is 26.0 Å². The largest absolute Gasteiger partial charge is 0.324 e. The number of hydrogen-bond donors (Lipinski definition) is 1. The number of nitrogens with zero attached hydrogens (tertiary/aromatic N) is 1. The number of aryl methyl sites for hydroxylation is 1. The highest BCUT2D eigenvalue weighted by Crippen LogP contribution is 2.10. The molecule has 0 saturated carbocycles. The first-order valence-corrected chi connectivity index (χ1v) is 3.39. The lowest BCUT2D eigenvalue weighted by Gasteiger charge is -2.06. The summed E-state index contributed by atoms with van der Waals surface area (Å²) in [5, 5.41) is 0. The first kappa shape index (κ1) is 14.2. The van der Waals surface area contributed by atoms with Crippen LogP contribution >= 0.6 is 24.8 Å². The van der Waals surface area contributed by atoms with Crippen molar-refractivity contribution in [3.8, 4) is 0 Å². The third-order valence-corrected chi connectivity index (χ3v) is 1.54. The number of pyridine rings is 1. The van der Waals surface area contributed by atoms with E-state index < -0.39 is 0 Å². The summed E-state index contributed by atoms with van der Waals surface area (Å²) in [7, 11) is 0. The fourth-order valence-corrected chi connectivity index (χ4v) is 0.978. The van der Waals surface area contributed by atoms with Gasteiger partial charge in [0.2, 0.25) is 0 Å². The zero-order valence-electron chi connectivity index (χ0n) is 7.15. The van der Waals surface area contributed by atoms with Gasteiger partial charge in [0.1, 0.15) is 0 Å². The molecule has 1 aromatic rings. The second-order valence-electron chi connectivity index (χ2n) is 2.47. The molecule has 4 heteroatoms. The molecule has 0 bridgehead atoms. The maximum absolute atomic E-state index is 5.67. The summed E-state index contributed by atoms with van der Waals surface area (Å²) >= 11 is 0. The smallest absolute Gasteiger partial charge is 0.0420 e. The Bertz CT molecular complexity index is 226. The normalized spacial score (nSPS) is 10.9. The fourth-order valence-electron chi connectivity index (χ4n) is 0.978. The summed E-state index contributed by atoms with van der Waals surface area (Å²) in [6.45, 7) is 3.93. The predicted octanol–water partition coefficient (Wildman–Crippen LogP) is 2.25. The summed E-state index contributed by atoms with van der Waals surface area (Å²) < 4.78 is 0. The maximum Gasteiger partial charge on any atom is 0.0420 e. The van der Waals surface area contributed by atoms with Gasteiger partial charge in [-0.15, -0.1) is 24.8 Å². The molecular weight excluding hydrogens is 195 g/mol. The van der Waals surface area contributed by atoms with Crippen molar-refractivity contribution >= 4 is 24.8 Å². The summed E-state index contributed by atoms with van der Waals surface area (Å²) in [5.41, 5.74) is 7.83. The minimum atomic E-state index is 0. The molecule has 0 saturated heterocycles. The Balaban J connectivity index is 0. The lowest BCUT2D eigenvalue weighted by molar-refractivity contribution is 0.799. The number of nitrogens with two attached hydrogens (primary N) is 1. The third kappa shape index (κ3) is 3.39. The highest BCUT2D eigenvalue weighted by atomic mass is 35.5. The van der Waals surface area contributed by atoms with Gasteiger partial charge in [0, 0.05) is 17.9 Å². The van der Waals surface area contributed by atoms with Gasteiger partial charge >= 0.3 is 0 Å². The summed E-state index contributed by atoms with van der Waals surface area (Å²) in [4.78, 5) is 4.12. The molecule has 12 heavy (non-hydrogen) atoms. The summed E-state index contributed by atoms with van der Waals surface area (Å²) in [6.07, 6.45) is 1.78. The van der Waals surface area contributed by atoms with Crippen molar-refractivity contribution in [1.29, 1.82) is 0 Å². The van der Waals surface area contributed by atoms with Gasteiger partial charge in [0.15, 0.2) is 0 Å². The molecule has 2 N–H and O–H groups in total. The summed E-state index contributed by atoms with van der Waals surface area (Å²) in [6, 6.07) is 4.01. The molecule has 1 aromatic heterocycles. The van der Waals surface area contributed by atoms with E-state index in [9.17, 15) is 0 Å². The molecular formula is C8H14Cl2N2. The maximum atomic E-state index is 5.67. The molecule has 0 aliphatic rings. The standard InChI is InChI=1S/C8H12N2.2ClH/c1-6(9)8-4-3-5-10-7(8)2;;/h3-6H,9H2,1-2H3;2*1H. The van der Waals surface area contributed by atoms with Crippen LogP contribution in [0.4, 0.5) is 0 Å². The average Bonchev–Trinajstić information content (AvgIpc) is 1.88. The van der Waals surface area contributed by atoms with Gasteiger partial charge in [-0.1, -0.05) is 6.07 Å². The Morgan fingerprint density at radius 1 is 1.42 bits per heavy atom. The molecule has 0 radical (unpaired) electrons. The number of hydrogen-bond acceptors (Lipinski definition) is 2. The van der Waals surface area contributed by atoms with Crippen molar-refractivity contribution in [2.75, 3.05) is 0 Å². The number of halogens is 2. The zero-order valence-corrected chi connectivity index (χ0v) is 8.78.